The zero-order valence-corrected chi connectivity index (χ0v) is 15.3. The van der Waals surface area contributed by atoms with Crippen molar-refractivity contribution in [2.75, 3.05) is 38.0 Å². The van der Waals surface area contributed by atoms with Crippen molar-refractivity contribution in [3.8, 4) is 12.1 Å². The van der Waals surface area contributed by atoms with Gasteiger partial charge in [-0.2, -0.15) is 10.5 Å². The molecule has 0 aromatic heterocycles. The topological polar surface area (TPSA) is 66.4 Å². The van der Waals surface area contributed by atoms with Crippen LogP contribution in [-0.2, 0) is 0 Å². The molecule has 124 valence electrons. The third-order valence-electron chi connectivity index (χ3n) is 3.94. The maximum Gasteiger partial charge on any atom is 0.136 e. The Morgan fingerprint density at radius 3 is 2.32 bits per heavy atom. The summed E-state index contributed by atoms with van der Waals surface area (Å²) in [5.41, 5.74) is 3.28. The zero-order chi connectivity index (χ0) is 18.1. The van der Waals surface area contributed by atoms with E-state index in [9.17, 15) is 0 Å². The summed E-state index contributed by atoms with van der Waals surface area (Å²) >= 11 is 1.63. The van der Waals surface area contributed by atoms with Gasteiger partial charge in [0, 0.05) is 38.3 Å². The molecule has 2 aromatic rings. The van der Waals surface area contributed by atoms with Crippen LogP contribution in [0.1, 0.15) is 0 Å². The van der Waals surface area contributed by atoms with Crippen LogP contribution >= 0.6 is 11.8 Å². The predicted octanol–water partition coefficient (Wildman–Crippen LogP) is 2.43. The van der Waals surface area contributed by atoms with Crippen LogP contribution in [0.3, 0.4) is 0 Å². The monoisotopic (exact) mass is 347 g/mol. The molecule has 1 heterocycles. The minimum atomic E-state index is 0.115. The van der Waals surface area contributed by atoms with Gasteiger partial charge in [0.2, 0.25) is 0 Å². The molecular weight excluding hydrogens is 330 g/mol. The first kappa shape index (κ1) is 16.9. The van der Waals surface area contributed by atoms with Gasteiger partial charge in [-0.3, -0.25) is 0 Å². The van der Waals surface area contributed by atoms with Gasteiger partial charge < -0.3 is 9.80 Å². The Bertz CT molecular complexity index is 1040. The van der Waals surface area contributed by atoms with Crippen LogP contribution < -0.4 is 20.4 Å². The van der Waals surface area contributed by atoms with Gasteiger partial charge in [-0.1, -0.05) is 17.8 Å². The molecule has 0 saturated carbocycles. The van der Waals surface area contributed by atoms with Crippen LogP contribution in [-0.4, -0.2) is 28.2 Å². The molecule has 6 heteroatoms. The average Bonchev–Trinajstić information content (AvgIpc) is 2.59. The molecule has 0 fully saturated rings. The summed E-state index contributed by atoms with van der Waals surface area (Å²) in [7, 11) is 8.08. The van der Waals surface area contributed by atoms with Gasteiger partial charge in [0.1, 0.15) is 17.7 Å². The van der Waals surface area contributed by atoms with Gasteiger partial charge in [0.25, 0.3) is 0 Å². The lowest BCUT2D eigenvalue weighted by Crippen LogP contribution is -2.19. The minimum absolute atomic E-state index is 0.115. The highest BCUT2D eigenvalue weighted by molar-refractivity contribution is 7.99. The molecule has 0 amide bonds. The summed E-state index contributed by atoms with van der Waals surface area (Å²) in [6, 6.07) is 13.5. The first-order chi connectivity index (χ1) is 12.0. The standard InChI is InChI=1S/C19H17N5S/c1-23(2)16-8-7-15-19(18(16)24(3)4)25-17-9-12(13(10-20)11-21)5-6-14(17)22-15/h5-9H,1-4H3. The molecule has 0 radical (unpaired) electrons. The Balaban J connectivity index is 2.27. The van der Waals surface area contributed by atoms with Crippen LogP contribution in [0.5, 0.6) is 0 Å². The lowest BCUT2D eigenvalue weighted by Gasteiger charge is -2.27. The smallest absolute Gasteiger partial charge is 0.136 e. The molecule has 0 atom stereocenters. The van der Waals surface area contributed by atoms with E-state index in [4.69, 9.17) is 15.5 Å². The molecule has 1 aliphatic heterocycles. The van der Waals surface area contributed by atoms with Crippen LogP contribution in [0.4, 0.5) is 17.1 Å². The van der Waals surface area contributed by atoms with E-state index in [0.717, 1.165) is 32.2 Å². The van der Waals surface area contributed by atoms with Gasteiger partial charge >= 0.3 is 0 Å². The Kier molecular flexibility index (Phi) is 4.39. The second kappa shape index (κ2) is 6.51. The molecule has 0 spiro atoms. The molecule has 1 aliphatic rings. The fourth-order valence-electron chi connectivity index (χ4n) is 2.77. The van der Waals surface area contributed by atoms with Crippen molar-refractivity contribution in [3.63, 3.8) is 0 Å². The van der Waals surface area contributed by atoms with Gasteiger partial charge in [-0.05, 0) is 24.3 Å². The van der Waals surface area contributed by atoms with Crippen molar-refractivity contribution in [2.24, 2.45) is 4.99 Å². The van der Waals surface area contributed by atoms with E-state index in [0.29, 0.717) is 5.22 Å². The Labute approximate surface area is 151 Å². The highest BCUT2D eigenvalue weighted by atomic mass is 32.2. The maximum atomic E-state index is 9.10. The number of hydrogen-bond acceptors (Lipinski definition) is 6. The van der Waals surface area contributed by atoms with Crippen molar-refractivity contribution in [3.05, 3.63) is 40.9 Å². The maximum absolute atomic E-state index is 9.10. The fraction of sp³-hybridized carbons (Fsp3) is 0.211. The van der Waals surface area contributed by atoms with E-state index in [1.54, 1.807) is 17.8 Å². The van der Waals surface area contributed by atoms with Crippen molar-refractivity contribution in [1.82, 2.24) is 0 Å². The summed E-state index contributed by atoms with van der Waals surface area (Å²) in [5.74, 6) is 0. The van der Waals surface area contributed by atoms with Gasteiger partial charge in [0.05, 0.1) is 27.3 Å². The summed E-state index contributed by atoms with van der Waals surface area (Å²) in [4.78, 5) is 11.0. The molecule has 0 saturated heterocycles. The molecule has 0 unspecified atom stereocenters. The van der Waals surface area contributed by atoms with Crippen molar-refractivity contribution in [1.29, 1.82) is 10.5 Å². The molecule has 25 heavy (non-hydrogen) atoms. The number of rotatable bonds is 2. The van der Waals surface area contributed by atoms with Gasteiger partial charge in [0.15, 0.2) is 0 Å². The minimum Gasteiger partial charge on any atom is -0.376 e. The zero-order valence-electron chi connectivity index (χ0n) is 14.5. The van der Waals surface area contributed by atoms with Crippen LogP contribution in [0.25, 0.3) is 5.57 Å². The van der Waals surface area contributed by atoms with Crippen LogP contribution in [0.15, 0.2) is 45.1 Å². The van der Waals surface area contributed by atoms with E-state index in [-0.39, 0.29) is 5.57 Å². The molecule has 3 rings (SSSR count). The third-order valence-corrected chi connectivity index (χ3v) is 5.10. The highest BCUT2D eigenvalue weighted by Gasteiger charge is 2.21. The number of nitriles is 2. The molecule has 5 nitrogen and oxygen atoms in total. The normalized spacial score (nSPS) is 11.3. The van der Waals surface area contributed by atoms with Crippen LogP contribution in [0, 0.1) is 22.7 Å². The van der Waals surface area contributed by atoms with E-state index in [2.05, 4.69) is 15.9 Å². The van der Waals surface area contributed by atoms with E-state index < -0.39 is 0 Å². The second-order valence-electron chi connectivity index (χ2n) is 6.07. The van der Waals surface area contributed by atoms with E-state index in [1.807, 2.05) is 58.5 Å². The highest BCUT2D eigenvalue weighted by Crippen LogP contribution is 2.46. The number of benzene rings is 2. The van der Waals surface area contributed by atoms with E-state index >= 15 is 0 Å². The number of hydrogen-bond donors (Lipinski definition) is 0. The molecule has 2 aromatic carbocycles. The van der Waals surface area contributed by atoms with Gasteiger partial charge in [-0.15, -0.1) is 0 Å². The summed E-state index contributed by atoms with van der Waals surface area (Å²) in [6.45, 7) is 0. The molecule has 0 bridgehead atoms. The fourth-order valence-corrected chi connectivity index (χ4v) is 4.00. The summed E-state index contributed by atoms with van der Waals surface area (Å²) in [5, 5.41) is 19.7. The van der Waals surface area contributed by atoms with Crippen molar-refractivity contribution >= 4 is 34.4 Å². The number of nitrogens with zero attached hydrogens (tertiary/aromatic N) is 5. The first-order valence-electron chi connectivity index (χ1n) is 7.69. The largest absolute Gasteiger partial charge is 0.376 e. The van der Waals surface area contributed by atoms with Crippen molar-refractivity contribution < 1.29 is 0 Å². The molecular formula is C19H17N5S. The van der Waals surface area contributed by atoms with E-state index in [1.165, 1.54) is 0 Å². The lowest BCUT2D eigenvalue weighted by molar-refractivity contribution is 1.04. The third kappa shape index (κ3) is 2.93. The summed E-state index contributed by atoms with van der Waals surface area (Å²) in [6.07, 6.45) is 0. The van der Waals surface area contributed by atoms with Crippen molar-refractivity contribution in [2.45, 2.75) is 9.79 Å². The average molecular weight is 347 g/mol. The first-order valence-corrected chi connectivity index (χ1v) is 8.50. The Morgan fingerprint density at radius 2 is 1.72 bits per heavy atom. The van der Waals surface area contributed by atoms with Gasteiger partial charge in [-0.25, -0.2) is 4.99 Å². The molecule has 0 N–H and O–H groups in total. The molecule has 0 aliphatic carbocycles. The number of fused-ring (bicyclic) bond motifs is 2. The Hall–Kier alpha value is -2.96. The predicted molar refractivity (Wildman–Crippen MR) is 101 cm³/mol. The SMILES string of the molecule is CN(C)c1ccc2c(c1N(C)C)Sc1cc(=C(C#N)C#N)ccc1=N2. The van der Waals surface area contributed by atoms with Crippen LogP contribution in [0.2, 0.25) is 0 Å². The Morgan fingerprint density at radius 1 is 1.00 bits per heavy atom. The lowest BCUT2D eigenvalue weighted by atomic mass is 10.2. The summed E-state index contributed by atoms with van der Waals surface area (Å²) < 4.78 is 0. The quantitative estimate of drug-likeness (QED) is 0.712. The second-order valence-corrected chi connectivity index (χ2v) is 7.12. The number of anilines is 2.